The zero-order valence-corrected chi connectivity index (χ0v) is 25.9. The highest BCUT2D eigenvalue weighted by Crippen LogP contribution is 2.68. The van der Waals surface area contributed by atoms with Crippen LogP contribution in [0.4, 0.5) is 5.69 Å². The second-order valence-electron chi connectivity index (χ2n) is 10.0. The van der Waals surface area contributed by atoms with Crippen LogP contribution in [0.15, 0.2) is 76.4 Å². The highest BCUT2D eigenvalue weighted by molar-refractivity contribution is 7.68. The second kappa shape index (κ2) is 13.5. The Hall–Kier alpha value is -3.15. The van der Waals surface area contributed by atoms with Crippen molar-refractivity contribution >= 4 is 28.9 Å². The Morgan fingerprint density at radius 1 is 0.870 bits per heavy atom. The Labute approximate surface area is 258 Å². The summed E-state index contributed by atoms with van der Waals surface area (Å²) in [6.07, 6.45) is -4.72. The molecule has 248 valence electrons. The quantitative estimate of drug-likeness (QED) is 0.113. The summed E-state index contributed by atoms with van der Waals surface area (Å²) in [6, 6.07) is 14.4. The standard InChI is InChI=1S/C24H26N3O16P3/c28-19-10-11-26(24(29)25-19)23-22-21(40-20(41-22)12-15-4-2-1-3-5-15)18(39-23)13-38-45(34,35)43-46(36,37)42-44(32,33)14-16-6-8-17(9-7-16)27(30)31/h1-11,18,20-23H,12-14H2,(H,32,33)(H,34,35)(H,36,37)(H,25,28,29)/t18-,20?,21?,22?,23-/m1/s1. The first-order valence-electron chi connectivity index (χ1n) is 13.2. The van der Waals surface area contributed by atoms with Gasteiger partial charge in [0.2, 0.25) is 0 Å². The van der Waals surface area contributed by atoms with Gasteiger partial charge in [-0.3, -0.25) is 33.5 Å². The lowest BCUT2D eigenvalue weighted by Crippen LogP contribution is -2.36. The molecule has 4 N–H and O–H groups in total. The molecule has 0 bridgehead atoms. The molecule has 2 aliphatic rings. The number of nitrogens with zero attached hydrogens (tertiary/aromatic N) is 2. The average Bonchev–Trinajstić information content (AvgIpc) is 3.50. The predicted molar refractivity (Wildman–Crippen MR) is 153 cm³/mol. The van der Waals surface area contributed by atoms with Crippen molar-refractivity contribution in [2.75, 3.05) is 6.61 Å². The first-order chi connectivity index (χ1) is 21.6. The fraction of sp³-hybridized carbons (Fsp3) is 0.333. The molecule has 1 aromatic heterocycles. The van der Waals surface area contributed by atoms with Crippen LogP contribution >= 0.6 is 23.2 Å². The monoisotopic (exact) mass is 705 g/mol. The fourth-order valence-electron chi connectivity index (χ4n) is 4.77. The van der Waals surface area contributed by atoms with Gasteiger partial charge in [-0.15, -0.1) is 0 Å². The van der Waals surface area contributed by atoms with Crippen LogP contribution in [0.1, 0.15) is 17.4 Å². The zero-order chi connectivity index (χ0) is 33.3. The number of hydrogen-bond donors (Lipinski definition) is 4. The maximum atomic E-state index is 12.6. The maximum absolute atomic E-state index is 12.6. The van der Waals surface area contributed by atoms with Crippen molar-refractivity contribution in [1.29, 1.82) is 0 Å². The Balaban J connectivity index is 1.25. The van der Waals surface area contributed by atoms with E-state index >= 15 is 0 Å². The lowest BCUT2D eigenvalue weighted by atomic mass is 10.1. The van der Waals surface area contributed by atoms with E-state index < -0.39 is 83.0 Å². The number of nitrogens with one attached hydrogen (secondary N) is 1. The Bertz CT molecular complexity index is 1830. The summed E-state index contributed by atoms with van der Waals surface area (Å²) in [5, 5.41) is 10.8. The van der Waals surface area contributed by atoms with Gasteiger partial charge in [0.1, 0.15) is 18.3 Å². The molecule has 0 saturated carbocycles. The normalized spacial score (nSPS) is 26.5. The van der Waals surface area contributed by atoms with Crippen molar-refractivity contribution in [1.82, 2.24) is 9.55 Å². The Morgan fingerprint density at radius 3 is 2.20 bits per heavy atom. The molecule has 2 saturated heterocycles. The van der Waals surface area contributed by atoms with Crippen LogP contribution in [-0.2, 0) is 53.6 Å². The van der Waals surface area contributed by atoms with E-state index in [1.807, 2.05) is 18.2 Å². The molecule has 2 fully saturated rings. The smallest absolute Gasteiger partial charge is 0.346 e. The van der Waals surface area contributed by atoms with Gasteiger partial charge in [-0.2, -0.15) is 4.31 Å². The fourth-order valence-corrected chi connectivity index (χ4v) is 8.92. The van der Waals surface area contributed by atoms with Crippen LogP contribution in [0.2, 0.25) is 0 Å². The SMILES string of the molecule is O=c1ccn([C@@H]2O[C@H](COP(=O)(O)OP(=O)(O)OP(=O)(O)Cc3ccc([N+](=O)[O-])cc3)C3OC(Cc4ccccc4)OC32)c(=O)[nH]1. The van der Waals surface area contributed by atoms with Gasteiger partial charge in [0.05, 0.1) is 17.7 Å². The number of ether oxygens (including phenoxy) is 3. The van der Waals surface area contributed by atoms with Crippen LogP contribution in [0.3, 0.4) is 0 Å². The van der Waals surface area contributed by atoms with Gasteiger partial charge in [-0.1, -0.05) is 42.5 Å². The summed E-state index contributed by atoms with van der Waals surface area (Å²) in [5.74, 6) is 0. The van der Waals surface area contributed by atoms with Crippen molar-refractivity contribution in [2.24, 2.45) is 0 Å². The Morgan fingerprint density at radius 2 is 1.54 bits per heavy atom. The lowest BCUT2D eigenvalue weighted by Gasteiger charge is -2.22. The molecular formula is C24H26N3O16P3. The van der Waals surface area contributed by atoms with E-state index in [-0.39, 0.29) is 17.7 Å². The van der Waals surface area contributed by atoms with Gasteiger partial charge in [-0.25, -0.2) is 18.2 Å². The molecule has 19 nitrogen and oxygen atoms in total. The first kappa shape index (κ1) is 34.2. The number of phosphoric ester groups is 1. The number of phosphoric acid groups is 2. The number of benzene rings is 2. The van der Waals surface area contributed by atoms with Crippen molar-refractivity contribution in [3.05, 3.63) is 109 Å². The minimum Gasteiger partial charge on any atom is -0.346 e. The number of nitro benzene ring substituents is 1. The van der Waals surface area contributed by atoms with E-state index in [2.05, 4.69) is 13.6 Å². The van der Waals surface area contributed by atoms with E-state index in [0.29, 0.717) is 0 Å². The summed E-state index contributed by atoms with van der Waals surface area (Å²) in [7, 11) is -16.3. The van der Waals surface area contributed by atoms with Gasteiger partial charge in [0, 0.05) is 30.8 Å². The van der Waals surface area contributed by atoms with E-state index in [4.69, 9.17) is 18.7 Å². The molecule has 3 aromatic rings. The summed E-state index contributed by atoms with van der Waals surface area (Å²) >= 11 is 0. The molecule has 5 rings (SSSR count). The highest BCUT2D eigenvalue weighted by atomic mass is 31.3. The van der Waals surface area contributed by atoms with E-state index in [9.17, 15) is 48.1 Å². The number of hydrogen-bond acceptors (Lipinski definition) is 13. The second-order valence-corrected chi connectivity index (χ2v) is 15.0. The number of non-ortho nitro benzene ring substituents is 1. The summed E-state index contributed by atoms with van der Waals surface area (Å²) in [6.45, 7) is -0.829. The molecule has 0 radical (unpaired) electrons. The molecule has 0 amide bonds. The number of rotatable bonds is 13. The number of aromatic nitrogens is 2. The highest BCUT2D eigenvalue weighted by Gasteiger charge is 2.54. The summed E-state index contributed by atoms with van der Waals surface area (Å²) in [5.41, 5.74) is -0.975. The maximum Gasteiger partial charge on any atom is 0.488 e. The van der Waals surface area contributed by atoms with Crippen molar-refractivity contribution < 1.29 is 60.7 Å². The third kappa shape index (κ3) is 8.60. The first-order valence-corrected chi connectivity index (χ1v) is 17.9. The van der Waals surface area contributed by atoms with Gasteiger partial charge < -0.3 is 28.9 Å². The van der Waals surface area contributed by atoms with Crippen LogP contribution in [0, 0.1) is 10.1 Å². The van der Waals surface area contributed by atoms with Crippen LogP contribution in [-0.4, -0.2) is 60.4 Å². The van der Waals surface area contributed by atoms with Gasteiger partial charge in [0.25, 0.3) is 11.2 Å². The summed E-state index contributed by atoms with van der Waals surface area (Å²) < 4.78 is 69.6. The largest absolute Gasteiger partial charge is 0.488 e. The van der Waals surface area contributed by atoms with Crippen molar-refractivity contribution in [2.45, 2.75) is 43.4 Å². The van der Waals surface area contributed by atoms with E-state index in [0.717, 1.165) is 46.7 Å². The van der Waals surface area contributed by atoms with Crippen molar-refractivity contribution in [3.8, 4) is 0 Å². The number of H-pyrrole nitrogens is 1. The molecule has 22 heteroatoms. The molecule has 8 atom stereocenters. The molecule has 6 unspecified atom stereocenters. The van der Waals surface area contributed by atoms with Gasteiger partial charge >= 0.3 is 28.9 Å². The van der Waals surface area contributed by atoms with E-state index in [1.54, 1.807) is 12.1 Å². The number of nitro groups is 1. The average molecular weight is 705 g/mol. The summed E-state index contributed by atoms with van der Waals surface area (Å²) in [4.78, 5) is 66.4. The van der Waals surface area contributed by atoms with Crippen LogP contribution in [0.5, 0.6) is 0 Å². The van der Waals surface area contributed by atoms with E-state index in [1.165, 1.54) is 0 Å². The molecular weight excluding hydrogens is 679 g/mol. The molecule has 2 aliphatic heterocycles. The minimum absolute atomic E-state index is 0.00769. The predicted octanol–water partition coefficient (Wildman–Crippen LogP) is 2.33. The number of aromatic amines is 1. The third-order valence-electron chi connectivity index (χ3n) is 6.64. The zero-order valence-electron chi connectivity index (χ0n) is 23.2. The van der Waals surface area contributed by atoms with Gasteiger partial charge in [-0.05, 0) is 11.1 Å². The van der Waals surface area contributed by atoms with Crippen LogP contribution < -0.4 is 11.2 Å². The molecule has 3 heterocycles. The number of fused-ring (bicyclic) bond motifs is 1. The molecule has 0 aliphatic carbocycles. The minimum atomic E-state index is -5.74. The van der Waals surface area contributed by atoms with Crippen LogP contribution in [0.25, 0.3) is 0 Å². The third-order valence-corrected chi connectivity index (χ3v) is 11.4. The van der Waals surface area contributed by atoms with Crippen molar-refractivity contribution in [3.63, 3.8) is 0 Å². The Kier molecular flexibility index (Phi) is 10.1. The molecule has 0 spiro atoms. The van der Waals surface area contributed by atoms with Gasteiger partial charge in [0.15, 0.2) is 12.5 Å². The molecule has 2 aromatic carbocycles. The topological polar surface area (TPSA) is 265 Å². The lowest BCUT2D eigenvalue weighted by molar-refractivity contribution is -0.384. The molecule has 46 heavy (non-hydrogen) atoms.